The summed E-state index contributed by atoms with van der Waals surface area (Å²) in [6.07, 6.45) is 6.34. The second-order valence-corrected chi connectivity index (χ2v) is 4.76. The van der Waals surface area contributed by atoms with E-state index in [1.54, 1.807) is 12.5 Å². The minimum Gasteiger partial charge on any atom is -0.379 e. The van der Waals surface area contributed by atoms with Crippen LogP contribution in [0.15, 0.2) is 36.8 Å². The van der Waals surface area contributed by atoms with Gasteiger partial charge in [0.25, 0.3) is 0 Å². The molecule has 1 unspecified atom stereocenters. The van der Waals surface area contributed by atoms with Crippen molar-refractivity contribution >= 4 is 0 Å². The first kappa shape index (κ1) is 10.5. The van der Waals surface area contributed by atoms with Gasteiger partial charge < -0.3 is 9.67 Å². The monoisotopic (exact) mass is 228 g/mol. The van der Waals surface area contributed by atoms with Crippen LogP contribution in [0.25, 0.3) is 0 Å². The molecule has 0 radical (unpaired) electrons. The summed E-state index contributed by atoms with van der Waals surface area (Å²) in [4.78, 5) is 4.12. The first-order valence-corrected chi connectivity index (χ1v) is 5.99. The topological polar surface area (TPSA) is 38.0 Å². The van der Waals surface area contributed by atoms with Crippen LogP contribution in [0.4, 0.5) is 0 Å². The lowest BCUT2D eigenvalue weighted by Gasteiger charge is -2.34. The van der Waals surface area contributed by atoms with Gasteiger partial charge in [0.1, 0.15) is 5.60 Å². The van der Waals surface area contributed by atoms with Gasteiger partial charge in [-0.3, -0.25) is 0 Å². The van der Waals surface area contributed by atoms with Crippen LogP contribution in [0, 0.1) is 0 Å². The van der Waals surface area contributed by atoms with Crippen LogP contribution < -0.4 is 0 Å². The second kappa shape index (κ2) is 3.70. The largest absolute Gasteiger partial charge is 0.379 e. The number of nitrogens with zero attached hydrogens (tertiary/aromatic N) is 2. The molecule has 1 aliphatic carbocycles. The maximum atomic E-state index is 11.0. The number of aryl methyl sites for hydroxylation is 2. The zero-order valence-corrected chi connectivity index (χ0v) is 9.93. The molecule has 0 saturated heterocycles. The zero-order chi connectivity index (χ0) is 11.9. The van der Waals surface area contributed by atoms with Crippen LogP contribution in [-0.4, -0.2) is 14.7 Å². The number of fused-ring (bicyclic) bond motifs is 1. The Morgan fingerprint density at radius 1 is 1.35 bits per heavy atom. The van der Waals surface area contributed by atoms with Gasteiger partial charge in [-0.05, 0) is 30.4 Å². The van der Waals surface area contributed by atoms with E-state index in [-0.39, 0.29) is 0 Å². The molecule has 17 heavy (non-hydrogen) atoms. The van der Waals surface area contributed by atoms with Crippen molar-refractivity contribution in [3.8, 4) is 0 Å². The molecule has 3 rings (SSSR count). The maximum Gasteiger partial charge on any atom is 0.131 e. The highest BCUT2D eigenvalue weighted by Crippen LogP contribution is 2.39. The van der Waals surface area contributed by atoms with Gasteiger partial charge in [0.15, 0.2) is 0 Å². The molecule has 0 amide bonds. The normalized spacial score (nSPS) is 23.4. The molecule has 1 atom stereocenters. The molecule has 2 aromatic rings. The number of aliphatic hydroxyl groups is 1. The fraction of sp³-hybridized carbons (Fsp3) is 0.357. The minimum atomic E-state index is -0.875. The van der Waals surface area contributed by atoms with Gasteiger partial charge in [-0.1, -0.05) is 24.3 Å². The Labute approximate surface area is 101 Å². The Bertz CT molecular complexity index is 547. The van der Waals surface area contributed by atoms with Gasteiger partial charge in [0, 0.05) is 7.05 Å². The average molecular weight is 228 g/mol. The third-order valence-corrected chi connectivity index (χ3v) is 3.69. The number of rotatable bonds is 1. The van der Waals surface area contributed by atoms with Crippen LogP contribution in [0.1, 0.15) is 29.7 Å². The summed E-state index contributed by atoms with van der Waals surface area (Å²) in [5.74, 6) is 0. The molecule has 88 valence electrons. The summed E-state index contributed by atoms with van der Waals surface area (Å²) in [6, 6.07) is 8.16. The SMILES string of the molecule is Cn1cncc1C1(O)CCCc2ccccc21. The van der Waals surface area contributed by atoms with Crippen molar-refractivity contribution < 1.29 is 5.11 Å². The fourth-order valence-electron chi connectivity index (χ4n) is 2.83. The molecule has 1 aromatic carbocycles. The third-order valence-electron chi connectivity index (χ3n) is 3.69. The molecule has 1 heterocycles. The molecule has 0 aliphatic heterocycles. The number of aromatic nitrogens is 2. The fourth-order valence-corrected chi connectivity index (χ4v) is 2.83. The van der Waals surface area contributed by atoms with E-state index < -0.39 is 5.60 Å². The van der Waals surface area contributed by atoms with E-state index in [9.17, 15) is 5.11 Å². The molecular formula is C14H16N2O. The van der Waals surface area contributed by atoms with E-state index in [0.29, 0.717) is 0 Å². The number of imidazole rings is 1. The Balaban J connectivity index is 2.19. The molecule has 3 nitrogen and oxygen atoms in total. The summed E-state index contributed by atoms with van der Waals surface area (Å²) in [5, 5.41) is 11.0. The standard InChI is InChI=1S/C14H16N2O/c1-16-10-15-9-13(16)14(17)8-4-6-11-5-2-3-7-12(11)14/h2-3,5,7,9-10,17H,4,6,8H2,1H3. The molecular weight excluding hydrogens is 212 g/mol. The van der Waals surface area contributed by atoms with E-state index in [1.807, 2.05) is 29.8 Å². The van der Waals surface area contributed by atoms with Crippen molar-refractivity contribution in [3.05, 3.63) is 53.6 Å². The summed E-state index contributed by atoms with van der Waals surface area (Å²) in [5.41, 5.74) is 2.29. The summed E-state index contributed by atoms with van der Waals surface area (Å²) in [7, 11) is 1.93. The van der Waals surface area contributed by atoms with Crippen molar-refractivity contribution in [1.82, 2.24) is 9.55 Å². The van der Waals surface area contributed by atoms with Crippen LogP contribution in [0.2, 0.25) is 0 Å². The Morgan fingerprint density at radius 3 is 2.94 bits per heavy atom. The maximum absolute atomic E-state index is 11.0. The lowest BCUT2D eigenvalue weighted by atomic mass is 9.77. The smallest absolute Gasteiger partial charge is 0.131 e. The average Bonchev–Trinajstić information content (AvgIpc) is 2.77. The predicted octanol–water partition coefficient (Wildman–Crippen LogP) is 1.99. The quantitative estimate of drug-likeness (QED) is 0.810. The van der Waals surface area contributed by atoms with Crippen LogP contribution in [0.3, 0.4) is 0 Å². The Kier molecular flexibility index (Phi) is 2.30. The molecule has 3 heteroatoms. The van der Waals surface area contributed by atoms with Gasteiger partial charge in [-0.25, -0.2) is 4.98 Å². The van der Waals surface area contributed by atoms with E-state index in [4.69, 9.17) is 0 Å². The summed E-state index contributed by atoms with van der Waals surface area (Å²) in [6.45, 7) is 0. The summed E-state index contributed by atoms with van der Waals surface area (Å²) < 4.78 is 1.90. The van der Waals surface area contributed by atoms with Crippen molar-refractivity contribution in [3.63, 3.8) is 0 Å². The molecule has 0 fully saturated rings. The summed E-state index contributed by atoms with van der Waals surface area (Å²) >= 11 is 0. The highest BCUT2D eigenvalue weighted by molar-refractivity contribution is 5.40. The zero-order valence-electron chi connectivity index (χ0n) is 9.93. The highest BCUT2D eigenvalue weighted by atomic mass is 16.3. The molecule has 0 saturated carbocycles. The number of benzene rings is 1. The minimum absolute atomic E-state index is 0.767. The Morgan fingerprint density at radius 2 is 2.18 bits per heavy atom. The molecule has 1 aromatic heterocycles. The van der Waals surface area contributed by atoms with Crippen molar-refractivity contribution in [2.24, 2.45) is 7.05 Å². The van der Waals surface area contributed by atoms with Crippen LogP contribution in [-0.2, 0) is 19.1 Å². The van der Waals surface area contributed by atoms with E-state index in [0.717, 1.165) is 30.5 Å². The van der Waals surface area contributed by atoms with Crippen LogP contribution in [0.5, 0.6) is 0 Å². The number of hydrogen-bond acceptors (Lipinski definition) is 2. The van der Waals surface area contributed by atoms with Gasteiger partial charge in [-0.15, -0.1) is 0 Å². The predicted molar refractivity (Wildman–Crippen MR) is 65.6 cm³/mol. The van der Waals surface area contributed by atoms with Crippen molar-refractivity contribution in [2.45, 2.75) is 24.9 Å². The first-order chi connectivity index (χ1) is 8.22. The molecule has 1 N–H and O–H groups in total. The van der Waals surface area contributed by atoms with Gasteiger partial charge in [0.2, 0.25) is 0 Å². The third kappa shape index (κ3) is 1.50. The van der Waals surface area contributed by atoms with Crippen molar-refractivity contribution in [2.75, 3.05) is 0 Å². The van der Waals surface area contributed by atoms with E-state index >= 15 is 0 Å². The molecule has 0 bridgehead atoms. The van der Waals surface area contributed by atoms with Crippen LogP contribution >= 0.6 is 0 Å². The highest BCUT2D eigenvalue weighted by Gasteiger charge is 2.37. The molecule has 0 spiro atoms. The lowest BCUT2D eigenvalue weighted by molar-refractivity contribution is 0.0543. The van der Waals surface area contributed by atoms with Gasteiger partial charge in [0.05, 0.1) is 18.2 Å². The van der Waals surface area contributed by atoms with Gasteiger partial charge in [-0.2, -0.15) is 0 Å². The Hall–Kier alpha value is -1.61. The lowest BCUT2D eigenvalue weighted by Crippen LogP contribution is -2.33. The van der Waals surface area contributed by atoms with Gasteiger partial charge >= 0.3 is 0 Å². The molecule has 1 aliphatic rings. The van der Waals surface area contributed by atoms with Crippen molar-refractivity contribution in [1.29, 1.82) is 0 Å². The second-order valence-electron chi connectivity index (χ2n) is 4.76. The van der Waals surface area contributed by atoms with E-state index in [1.165, 1.54) is 5.56 Å². The van der Waals surface area contributed by atoms with E-state index in [2.05, 4.69) is 11.1 Å². The number of hydrogen-bond donors (Lipinski definition) is 1. The first-order valence-electron chi connectivity index (χ1n) is 5.99.